The molecule has 0 aliphatic heterocycles. The van der Waals surface area contributed by atoms with E-state index in [9.17, 15) is 9.59 Å². The number of carbonyl (C=O) groups is 2. The van der Waals surface area contributed by atoms with Crippen LogP contribution in [0.3, 0.4) is 0 Å². The van der Waals surface area contributed by atoms with Crippen molar-refractivity contribution in [1.82, 2.24) is 10.6 Å². The number of nitrogens with one attached hydrogen (secondary N) is 2. The maximum atomic E-state index is 12.3. The molecule has 4 N–H and O–H groups in total. The van der Waals surface area contributed by atoms with E-state index in [0.717, 1.165) is 5.56 Å². The molecular formula is C17H27N3O2. The van der Waals surface area contributed by atoms with Gasteiger partial charge in [0.1, 0.15) is 6.04 Å². The summed E-state index contributed by atoms with van der Waals surface area (Å²) in [5, 5.41) is 5.59. The zero-order valence-corrected chi connectivity index (χ0v) is 14.1. The van der Waals surface area contributed by atoms with Gasteiger partial charge in [0.05, 0.1) is 0 Å². The molecule has 0 saturated carbocycles. The Morgan fingerprint density at radius 1 is 1.18 bits per heavy atom. The molecule has 0 aromatic heterocycles. The minimum Gasteiger partial charge on any atom is -0.352 e. The molecule has 1 aromatic carbocycles. The van der Waals surface area contributed by atoms with Gasteiger partial charge in [-0.25, -0.2) is 0 Å². The Kier molecular flexibility index (Phi) is 6.11. The fourth-order valence-corrected chi connectivity index (χ4v) is 1.89. The topological polar surface area (TPSA) is 84.2 Å². The summed E-state index contributed by atoms with van der Waals surface area (Å²) in [5.74, 6) is -0.481. The van der Waals surface area contributed by atoms with Gasteiger partial charge in [-0.3, -0.25) is 9.59 Å². The van der Waals surface area contributed by atoms with E-state index in [0.29, 0.717) is 12.1 Å². The lowest BCUT2D eigenvalue weighted by Gasteiger charge is -2.25. The minimum atomic E-state index is -0.587. The van der Waals surface area contributed by atoms with Gasteiger partial charge in [0.2, 0.25) is 5.91 Å². The van der Waals surface area contributed by atoms with Crippen molar-refractivity contribution in [3.05, 3.63) is 35.4 Å². The number of aryl methyl sites for hydroxylation is 1. The average Bonchev–Trinajstić information content (AvgIpc) is 2.41. The number of hydrogen-bond acceptors (Lipinski definition) is 3. The van der Waals surface area contributed by atoms with Crippen LogP contribution in [0.1, 0.15) is 43.6 Å². The molecule has 1 atom stereocenters. The maximum Gasteiger partial charge on any atom is 0.251 e. The summed E-state index contributed by atoms with van der Waals surface area (Å²) in [6, 6.07) is 6.66. The van der Waals surface area contributed by atoms with Gasteiger partial charge < -0.3 is 16.4 Å². The molecule has 0 bridgehead atoms. The fraction of sp³-hybridized carbons (Fsp3) is 0.529. The summed E-state index contributed by atoms with van der Waals surface area (Å²) in [4.78, 5) is 24.5. The second-order valence-electron chi connectivity index (χ2n) is 6.77. The van der Waals surface area contributed by atoms with Crippen LogP contribution in [0.5, 0.6) is 0 Å². The summed E-state index contributed by atoms with van der Waals surface area (Å²) < 4.78 is 0. The van der Waals surface area contributed by atoms with Crippen molar-refractivity contribution < 1.29 is 9.59 Å². The molecule has 0 radical (unpaired) electrons. The standard InChI is InChI=1S/C17H27N3O2/c1-11(2)14(16(22)19-10-17(4,5)18)20-15(21)13-8-6-12(3)7-9-13/h6-9,11,14H,10,18H2,1-5H3,(H,19,22)(H,20,21). The van der Waals surface area contributed by atoms with Crippen LogP contribution < -0.4 is 16.4 Å². The van der Waals surface area contributed by atoms with E-state index in [-0.39, 0.29) is 17.7 Å². The molecule has 1 rings (SSSR count). The van der Waals surface area contributed by atoms with Gasteiger partial charge in [0.15, 0.2) is 0 Å². The van der Waals surface area contributed by atoms with Gasteiger partial charge in [-0.1, -0.05) is 31.5 Å². The lowest BCUT2D eigenvalue weighted by Crippen LogP contribution is -2.53. The Labute approximate surface area is 132 Å². The minimum absolute atomic E-state index is 0.0183. The quantitative estimate of drug-likeness (QED) is 0.746. The smallest absolute Gasteiger partial charge is 0.251 e. The van der Waals surface area contributed by atoms with Crippen molar-refractivity contribution in [3.8, 4) is 0 Å². The van der Waals surface area contributed by atoms with Crippen molar-refractivity contribution in [3.63, 3.8) is 0 Å². The Hall–Kier alpha value is -1.88. The lowest BCUT2D eigenvalue weighted by atomic mass is 10.0. The zero-order valence-electron chi connectivity index (χ0n) is 14.1. The molecular weight excluding hydrogens is 278 g/mol. The SMILES string of the molecule is Cc1ccc(C(=O)NC(C(=O)NCC(C)(C)N)C(C)C)cc1. The first-order valence-electron chi connectivity index (χ1n) is 7.54. The number of amides is 2. The van der Waals surface area contributed by atoms with Crippen LogP contribution >= 0.6 is 0 Å². The van der Waals surface area contributed by atoms with Gasteiger partial charge in [-0.05, 0) is 38.8 Å². The van der Waals surface area contributed by atoms with Crippen LogP contribution in [-0.2, 0) is 4.79 Å². The van der Waals surface area contributed by atoms with Crippen molar-refractivity contribution in [2.24, 2.45) is 11.7 Å². The Morgan fingerprint density at radius 2 is 1.73 bits per heavy atom. The molecule has 0 aliphatic carbocycles. The van der Waals surface area contributed by atoms with Crippen LogP contribution in [0.4, 0.5) is 0 Å². The molecule has 0 heterocycles. The lowest BCUT2D eigenvalue weighted by molar-refractivity contribution is -0.124. The van der Waals surface area contributed by atoms with E-state index in [1.807, 2.05) is 46.8 Å². The Morgan fingerprint density at radius 3 is 2.18 bits per heavy atom. The molecule has 0 fully saturated rings. The Bertz CT molecular complexity index is 516. The normalized spacial score (nSPS) is 12.9. The summed E-state index contributed by atoms with van der Waals surface area (Å²) in [5.41, 5.74) is 7.00. The van der Waals surface area contributed by atoms with E-state index in [1.54, 1.807) is 12.1 Å². The molecule has 5 heteroatoms. The largest absolute Gasteiger partial charge is 0.352 e. The summed E-state index contributed by atoms with van der Waals surface area (Å²) in [7, 11) is 0. The zero-order chi connectivity index (χ0) is 16.9. The molecule has 22 heavy (non-hydrogen) atoms. The summed E-state index contributed by atoms with van der Waals surface area (Å²) >= 11 is 0. The third kappa shape index (κ3) is 5.85. The van der Waals surface area contributed by atoms with E-state index < -0.39 is 11.6 Å². The van der Waals surface area contributed by atoms with E-state index in [4.69, 9.17) is 5.73 Å². The van der Waals surface area contributed by atoms with Gasteiger partial charge in [0.25, 0.3) is 5.91 Å². The highest BCUT2D eigenvalue weighted by Crippen LogP contribution is 2.07. The average molecular weight is 305 g/mol. The van der Waals surface area contributed by atoms with Crippen LogP contribution in [-0.4, -0.2) is 29.9 Å². The number of benzene rings is 1. The third-order valence-corrected chi connectivity index (χ3v) is 3.27. The van der Waals surface area contributed by atoms with Crippen molar-refractivity contribution >= 4 is 11.8 Å². The number of nitrogens with two attached hydrogens (primary N) is 1. The molecule has 0 saturated heterocycles. The molecule has 1 unspecified atom stereocenters. The van der Waals surface area contributed by atoms with E-state index in [1.165, 1.54) is 0 Å². The van der Waals surface area contributed by atoms with Crippen LogP contribution in [0.2, 0.25) is 0 Å². The van der Waals surface area contributed by atoms with Crippen LogP contribution in [0, 0.1) is 12.8 Å². The van der Waals surface area contributed by atoms with Gasteiger partial charge in [0, 0.05) is 17.6 Å². The van der Waals surface area contributed by atoms with Gasteiger partial charge in [-0.15, -0.1) is 0 Å². The molecule has 0 aliphatic rings. The highest BCUT2D eigenvalue weighted by atomic mass is 16.2. The molecule has 5 nitrogen and oxygen atoms in total. The number of rotatable bonds is 6. The number of carbonyl (C=O) groups excluding carboxylic acids is 2. The van der Waals surface area contributed by atoms with Gasteiger partial charge >= 0.3 is 0 Å². The highest BCUT2D eigenvalue weighted by molar-refractivity contribution is 5.97. The van der Waals surface area contributed by atoms with Crippen molar-refractivity contribution in [2.45, 2.75) is 46.2 Å². The Balaban J connectivity index is 2.73. The first-order chi connectivity index (χ1) is 10.1. The molecule has 1 aromatic rings. The second-order valence-corrected chi connectivity index (χ2v) is 6.77. The van der Waals surface area contributed by atoms with Gasteiger partial charge in [-0.2, -0.15) is 0 Å². The molecule has 0 spiro atoms. The highest BCUT2D eigenvalue weighted by Gasteiger charge is 2.25. The monoisotopic (exact) mass is 305 g/mol. The number of hydrogen-bond donors (Lipinski definition) is 3. The molecule has 2 amide bonds. The van der Waals surface area contributed by atoms with E-state index >= 15 is 0 Å². The predicted octanol–water partition coefficient (Wildman–Crippen LogP) is 1.60. The predicted molar refractivity (Wildman–Crippen MR) is 88.5 cm³/mol. The maximum absolute atomic E-state index is 12.3. The third-order valence-electron chi connectivity index (χ3n) is 3.27. The molecule has 122 valence electrons. The van der Waals surface area contributed by atoms with Crippen LogP contribution in [0.15, 0.2) is 24.3 Å². The fourth-order valence-electron chi connectivity index (χ4n) is 1.89. The first-order valence-corrected chi connectivity index (χ1v) is 7.54. The first kappa shape index (κ1) is 18.2. The summed E-state index contributed by atoms with van der Waals surface area (Å²) in [6.07, 6.45) is 0. The van der Waals surface area contributed by atoms with E-state index in [2.05, 4.69) is 10.6 Å². The summed E-state index contributed by atoms with van der Waals surface area (Å²) in [6.45, 7) is 9.78. The van der Waals surface area contributed by atoms with Crippen LogP contribution in [0.25, 0.3) is 0 Å². The van der Waals surface area contributed by atoms with Crippen molar-refractivity contribution in [1.29, 1.82) is 0 Å². The second kappa shape index (κ2) is 7.40. The van der Waals surface area contributed by atoms with Crippen molar-refractivity contribution in [2.75, 3.05) is 6.54 Å².